The Bertz CT molecular complexity index is 327. The van der Waals surface area contributed by atoms with Crippen molar-refractivity contribution in [3.8, 4) is 0 Å². The fraction of sp³-hybridized carbons (Fsp3) is 0.667. The number of amides is 1. The summed E-state index contributed by atoms with van der Waals surface area (Å²) in [7, 11) is 0. The van der Waals surface area contributed by atoms with Crippen LogP contribution in [-0.2, 0) is 4.79 Å². The molecule has 0 aliphatic heterocycles. The Hall–Kier alpha value is -1.01. The largest absolute Gasteiger partial charge is 0.330 e. The Morgan fingerprint density at radius 1 is 1.67 bits per heavy atom. The standard InChI is InChI=1S/C9H14N4OS/c10-4-6-2-1-3-7(6)8(14)12-9-13-11-5-15-9/h5-7H,1-4,10H2,(H,12,13,14)/t6-,7-/m1/s1. The van der Waals surface area contributed by atoms with Crippen LogP contribution in [-0.4, -0.2) is 22.6 Å². The highest BCUT2D eigenvalue weighted by molar-refractivity contribution is 7.13. The second-order valence-corrected chi connectivity index (χ2v) is 4.60. The molecule has 2 rings (SSSR count). The van der Waals surface area contributed by atoms with Crippen LogP contribution in [0.5, 0.6) is 0 Å². The summed E-state index contributed by atoms with van der Waals surface area (Å²) in [5.41, 5.74) is 7.23. The van der Waals surface area contributed by atoms with Gasteiger partial charge in [0.2, 0.25) is 11.0 Å². The number of aromatic nitrogens is 2. The smallest absolute Gasteiger partial charge is 0.229 e. The average Bonchev–Trinajstić information content (AvgIpc) is 2.86. The molecule has 82 valence electrons. The maximum atomic E-state index is 11.9. The minimum atomic E-state index is 0.0414. The first kappa shape index (κ1) is 10.5. The number of nitrogens with zero attached hydrogens (tertiary/aromatic N) is 2. The van der Waals surface area contributed by atoms with E-state index in [4.69, 9.17) is 5.73 Å². The number of carbonyl (C=O) groups excluding carboxylic acids is 1. The molecular formula is C9H14N4OS. The van der Waals surface area contributed by atoms with Crippen molar-refractivity contribution >= 4 is 22.4 Å². The van der Waals surface area contributed by atoms with E-state index in [-0.39, 0.29) is 11.8 Å². The van der Waals surface area contributed by atoms with Crippen molar-refractivity contribution in [2.75, 3.05) is 11.9 Å². The molecule has 1 aliphatic rings. The Morgan fingerprint density at radius 2 is 2.53 bits per heavy atom. The number of nitrogens with one attached hydrogen (secondary N) is 1. The topological polar surface area (TPSA) is 80.9 Å². The summed E-state index contributed by atoms with van der Waals surface area (Å²) >= 11 is 1.33. The van der Waals surface area contributed by atoms with Crippen molar-refractivity contribution in [3.05, 3.63) is 5.51 Å². The molecule has 0 unspecified atom stereocenters. The molecule has 0 aromatic carbocycles. The molecule has 1 amide bonds. The Labute approximate surface area is 92.1 Å². The van der Waals surface area contributed by atoms with Crippen LogP contribution in [0.15, 0.2) is 5.51 Å². The molecule has 1 heterocycles. The minimum absolute atomic E-state index is 0.0414. The summed E-state index contributed by atoms with van der Waals surface area (Å²) in [6.07, 6.45) is 3.09. The van der Waals surface area contributed by atoms with Gasteiger partial charge in [0.25, 0.3) is 0 Å². The van der Waals surface area contributed by atoms with E-state index in [0.29, 0.717) is 17.6 Å². The van der Waals surface area contributed by atoms with Crippen molar-refractivity contribution in [1.29, 1.82) is 0 Å². The zero-order valence-electron chi connectivity index (χ0n) is 8.35. The number of rotatable bonds is 3. The van der Waals surface area contributed by atoms with Crippen LogP contribution in [0.1, 0.15) is 19.3 Å². The van der Waals surface area contributed by atoms with Gasteiger partial charge in [0.15, 0.2) is 0 Å². The monoisotopic (exact) mass is 226 g/mol. The van der Waals surface area contributed by atoms with Crippen LogP contribution in [0.3, 0.4) is 0 Å². The summed E-state index contributed by atoms with van der Waals surface area (Å²) in [4.78, 5) is 11.9. The lowest BCUT2D eigenvalue weighted by atomic mass is 9.95. The number of hydrogen-bond donors (Lipinski definition) is 2. The first-order valence-electron chi connectivity index (χ1n) is 5.08. The molecule has 0 spiro atoms. The molecule has 0 bridgehead atoms. The molecule has 5 nitrogen and oxygen atoms in total. The van der Waals surface area contributed by atoms with Gasteiger partial charge < -0.3 is 11.1 Å². The first-order chi connectivity index (χ1) is 7.31. The second-order valence-electron chi connectivity index (χ2n) is 3.77. The van der Waals surface area contributed by atoms with Crippen LogP contribution in [0, 0.1) is 11.8 Å². The Morgan fingerprint density at radius 3 is 3.20 bits per heavy atom. The molecule has 1 aliphatic carbocycles. The molecule has 3 N–H and O–H groups in total. The Balaban J connectivity index is 1.96. The Kier molecular flexibility index (Phi) is 3.27. The third-order valence-corrected chi connectivity index (χ3v) is 3.50. The molecule has 0 radical (unpaired) electrons. The van der Waals surface area contributed by atoms with Crippen LogP contribution in [0.4, 0.5) is 5.13 Å². The SMILES string of the molecule is NC[C@H]1CCC[C@H]1C(=O)Nc1nncs1. The summed E-state index contributed by atoms with van der Waals surface area (Å²) in [6.45, 7) is 0.591. The third-order valence-electron chi connectivity index (χ3n) is 2.89. The van der Waals surface area contributed by atoms with Crippen LogP contribution >= 0.6 is 11.3 Å². The van der Waals surface area contributed by atoms with Crippen LogP contribution < -0.4 is 11.1 Å². The normalized spacial score (nSPS) is 25.4. The lowest BCUT2D eigenvalue weighted by Gasteiger charge is -2.15. The highest BCUT2D eigenvalue weighted by Gasteiger charge is 2.32. The number of anilines is 1. The van der Waals surface area contributed by atoms with Gasteiger partial charge in [-0.15, -0.1) is 10.2 Å². The first-order valence-corrected chi connectivity index (χ1v) is 5.96. The summed E-state index contributed by atoms with van der Waals surface area (Å²) in [5.74, 6) is 0.427. The third kappa shape index (κ3) is 2.32. The molecule has 1 aromatic rings. The minimum Gasteiger partial charge on any atom is -0.330 e. The van der Waals surface area contributed by atoms with Gasteiger partial charge in [0, 0.05) is 5.92 Å². The number of nitrogens with two attached hydrogens (primary N) is 1. The summed E-state index contributed by atoms with van der Waals surface area (Å²) in [5, 5.41) is 10.8. The summed E-state index contributed by atoms with van der Waals surface area (Å²) < 4.78 is 0. The molecule has 1 fully saturated rings. The van der Waals surface area contributed by atoms with Gasteiger partial charge in [-0.1, -0.05) is 17.8 Å². The highest BCUT2D eigenvalue weighted by atomic mass is 32.1. The van der Waals surface area contributed by atoms with Gasteiger partial charge in [-0.3, -0.25) is 4.79 Å². The molecule has 1 saturated carbocycles. The second kappa shape index (κ2) is 4.67. The predicted molar refractivity (Wildman–Crippen MR) is 58.4 cm³/mol. The van der Waals surface area contributed by atoms with E-state index in [9.17, 15) is 4.79 Å². The molecular weight excluding hydrogens is 212 g/mol. The molecule has 15 heavy (non-hydrogen) atoms. The molecule has 2 atom stereocenters. The van der Waals surface area contributed by atoms with Gasteiger partial charge >= 0.3 is 0 Å². The van der Waals surface area contributed by atoms with Crippen molar-refractivity contribution in [1.82, 2.24) is 10.2 Å². The lowest BCUT2D eigenvalue weighted by molar-refractivity contribution is -0.120. The average molecular weight is 226 g/mol. The van der Waals surface area contributed by atoms with Crippen molar-refractivity contribution in [2.45, 2.75) is 19.3 Å². The van der Waals surface area contributed by atoms with Crippen molar-refractivity contribution < 1.29 is 4.79 Å². The number of carbonyl (C=O) groups is 1. The van der Waals surface area contributed by atoms with E-state index in [1.165, 1.54) is 11.3 Å². The zero-order chi connectivity index (χ0) is 10.7. The van der Waals surface area contributed by atoms with E-state index in [0.717, 1.165) is 19.3 Å². The van der Waals surface area contributed by atoms with E-state index in [1.54, 1.807) is 5.51 Å². The molecule has 0 saturated heterocycles. The van der Waals surface area contributed by atoms with Gasteiger partial charge in [-0.05, 0) is 25.3 Å². The number of hydrogen-bond acceptors (Lipinski definition) is 5. The zero-order valence-corrected chi connectivity index (χ0v) is 9.17. The fourth-order valence-corrected chi connectivity index (χ4v) is 2.54. The van der Waals surface area contributed by atoms with Crippen LogP contribution in [0.25, 0.3) is 0 Å². The van der Waals surface area contributed by atoms with Gasteiger partial charge in [-0.2, -0.15) is 0 Å². The van der Waals surface area contributed by atoms with Crippen molar-refractivity contribution in [3.63, 3.8) is 0 Å². The maximum Gasteiger partial charge on any atom is 0.229 e. The van der Waals surface area contributed by atoms with E-state index < -0.39 is 0 Å². The predicted octanol–water partition coefficient (Wildman–Crippen LogP) is 0.852. The fourth-order valence-electron chi connectivity index (χ4n) is 2.09. The highest BCUT2D eigenvalue weighted by Crippen LogP contribution is 2.31. The maximum absolute atomic E-state index is 11.9. The van der Waals surface area contributed by atoms with Crippen molar-refractivity contribution in [2.24, 2.45) is 17.6 Å². The van der Waals surface area contributed by atoms with Crippen LogP contribution in [0.2, 0.25) is 0 Å². The van der Waals surface area contributed by atoms with Gasteiger partial charge in [0.05, 0.1) is 0 Å². The van der Waals surface area contributed by atoms with Gasteiger partial charge in [-0.25, -0.2) is 0 Å². The van der Waals surface area contributed by atoms with E-state index in [2.05, 4.69) is 15.5 Å². The van der Waals surface area contributed by atoms with Gasteiger partial charge in [0.1, 0.15) is 5.51 Å². The quantitative estimate of drug-likeness (QED) is 0.800. The van der Waals surface area contributed by atoms with E-state index in [1.807, 2.05) is 0 Å². The lowest BCUT2D eigenvalue weighted by Crippen LogP contribution is -2.29. The van der Waals surface area contributed by atoms with E-state index >= 15 is 0 Å². The molecule has 6 heteroatoms. The molecule has 1 aromatic heterocycles. The summed E-state index contributed by atoms with van der Waals surface area (Å²) in [6, 6.07) is 0.